The molecule has 166 valence electrons. The van der Waals surface area contributed by atoms with E-state index in [1.54, 1.807) is 6.08 Å². The van der Waals surface area contributed by atoms with Gasteiger partial charge in [0.15, 0.2) is 0 Å². The van der Waals surface area contributed by atoms with Gasteiger partial charge in [0.25, 0.3) is 0 Å². The SMILES string of the molecule is C=CCOC(OC1CCC(C(=O)OCC)CC1)(C(=O)OC(C)(C)C)N1CCCC1. The summed E-state index contributed by atoms with van der Waals surface area (Å²) in [5.74, 6) is -2.36. The average Bonchev–Trinajstić information content (AvgIpc) is 3.19. The number of ether oxygens (including phenoxy) is 4. The Hall–Kier alpha value is -1.44. The lowest BCUT2D eigenvalue weighted by molar-refractivity contribution is -0.324. The Labute approximate surface area is 174 Å². The second-order valence-electron chi connectivity index (χ2n) is 8.72. The van der Waals surface area contributed by atoms with Gasteiger partial charge in [-0.25, -0.2) is 9.69 Å². The molecule has 29 heavy (non-hydrogen) atoms. The fourth-order valence-corrected chi connectivity index (χ4v) is 3.86. The fraction of sp³-hybridized carbons (Fsp3) is 0.818. The van der Waals surface area contributed by atoms with Crippen molar-refractivity contribution in [2.24, 2.45) is 5.92 Å². The monoisotopic (exact) mass is 411 g/mol. The molecule has 1 aliphatic carbocycles. The standard InChI is InChI=1S/C22H37NO6/c1-6-16-27-22(23-14-8-9-15-23,20(25)29-21(3,4)5)28-18-12-10-17(11-13-18)19(24)26-7-2/h6,17-18H,1,7-16H2,2-5H3. The molecule has 0 radical (unpaired) electrons. The normalized spacial score (nSPS) is 25.2. The van der Waals surface area contributed by atoms with Gasteiger partial charge in [-0.05, 0) is 66.2 Å². The first-order valence-electron chi connectivity index (χ1n) is 10.8. The van der Waals surface area contributed by atoms with Crippen molar-refractivity contribution in [2.45, 2.75) is 83.8 Å². The van der Waals surface area contributed by atoms with Crippen LogP contribution in [0.25, 0.3) is 0 Å². The lowest BCUT2D eigenvalue weighted by atomic mass is 9.87. The van der Waals surface area contributed by atoms with E-state index >= 15 is 0 Å². The van der Waals surface area contributed by atoms with E-state index in [4.69, 9.17) is 18.9 Å². The Morgan fingerprint density at radius 1 is 1.10 bits per heavy atom. The van der Waals surface area contributed by atoms with Crippen LogP contribution in [-0.2, 0) is 28.5 Å². The Kier molecular flexibility index (Phi) is 8.67. The Morgan fingerprint density at radius 3 is 2.24 bits per heavy atom. The van der Waals surface area contributed by atoms with Gasteiger partial charge in [0.05, 0.1) is 25.2 Å². The third-order valence-corrected chi connectivity index (χ3v) is 5.20. The summed E-state index contributed by atoms with van der Waals surface area (Å²) in [4.78, 5) is 27.2. The zero-order valence-electron chi connectivity index (χ0n) is 18.4. The smallest absolute Gasteiger partial charge is 0.384 e. The molecule has 0 amide bonds. The molecule has 0 aromatic heterocycles. The molecule has 1 saturated carbocycles. The number of rotatable bonds is 9. The minimum absolute atomic E-state index is 0.105. The van der Waals surface area contributed by atoms with E-state index in [0.29, 0.717) is 45.4 Å². The molecular weight excluding hydrogens is 374 g/mol. The molecule has 2 rings (SSSR count). The summed E-state index contributed by atoms with van der Waals surface area (Å²) in [7, 11) is 0. The van der Waals surface area contributed by atoms with Crippen LogP contribution < -0.4 is 0 Å². The van der Waals surface area contributed by atoms with Gasteiger partial charge < -0.3 is 18.9 Å². The molecule has 0 aromatic carbocycles. The topological polar surface area (TPSA) is 74.3 Å². The van der Waals surface area contributed by atoms with Crippen molar-refractivity contribution in [1.29, 1.82) is 0 Å². The zero-order valence-corrected chi connectivity index (χ0v) is 18.4. The second kappa shape index (κ2) is 10.5. The first-order chi connectivity index (χ1) is 13.7. The summed E-state index contributed by atoms with van der Waals surface area (Å²) in [5, 5.41) is 0. The first-order valence-corrected chi connectivity index (χ1v) is 10.8. The van der Waals surface area contributed by atoms with Crippen LogP contribution in [0.1, 0.15) is 66.2 Å². The van der Waals surface area contributed by atoms with Crippen LogP contribution >= 0.6 is 0 Å². The highest BCUT2D eigenvalue weighted by Crippen LogP contribution is 2.35. The van der Waals surface area contributed by atoms with Crippen molar-refractivity contribution < 1.29 is 28.5 Å². The van der Waals surface area contributed by atoms with E-state index in [-0.39, 0.29) is 24.6 Å². The molecule has 1 atom stereocenters. The number of hydrogen-bond acceptors (Lipinski definition) is 7. The van der Waals surface area contributed by atoms with Crippen LogP contribution in [0.2, 0.25) is 0 Å². The van der Waals surface area contributed by atoms with Gasteiger partial charge in [0.2, 0.25) is 0 Å². The predicted molar refractivity (Wildman–Crippen MR) is 109 cm³/mol. The van der Waals surface area contributed by atoms with E-state index in [0.717, 1.165) is 12.8 Å². The Bertz CT molecular complexity index is 558. The van der Waals surface area contributed by atoms with E-state index in [1.165, 1.54) is 0 Å². The number of esters is 2. The minimum atomic E-state index is -1.58. The molecule has 2 fully saturated rings. The third kappa shape index (κ3) is 6.52. The minimum Gasteiger partial charge on any atom is -0.466 e. The fourth-order valence-electron chi connectivity index (χ4n) is 3.86. The summed E-state index contributed by atoms with van der Waals surface area (Å²) in [6.07, 6.45) is 6.04. The van der Waals surface area contributed by atoms with E-state index in [1.807, 2.05) is 32.6 Å². The van der Waals surface area contributed by atoms with Crippen molar-refractivity contribution in [3.8, 4) is 0 Å². The molecule has 0 spiro atoms. The summed E-state index contributed by atoms with van der Waals surface area (Å²) in [6, 6.07) is 0. The molecule has 1 unspecified atom stereocenters. The largest absolute Gasteiger partial charge is 0.466 e. The van der Waals surface area contributed by atoms with Gasteiger partial charge in [-0.15, -0.1) is 6.58 Å². The second-order valence-corrected chi connectivity index (χ2v) is 8.72. The van der Waals surface area contributed by atoms with Gasteiger partial charge in [-0.2, -0.15) is 0 Å². The lowest BCUT2D eigenvalue weighted by Gasteiger charge is -2.42. The molecule has 0 aromatic rings. The van der Waals surface area contributed by atoms with Crippen LogP contribution in [-0.4, -0.2) is 60.8 Å². The molecule has 7 nitrogen and oxygen atoms in total. The number of hydrogen-bond donors (Lipinski definition) is 0. The van der Waals surface area contributed by atoms with Crippen molar-refractivity contribution >= 4 is 11.9 Å². The van der Waals surface area contributed by atoms with Crippen LogP contribution in [0.5, 0.6) is 0 Å². The van der Waals surface area contributed by atoms with Crippen molar-refractivity contribution in [3.05, 3.63) is 12.7 Å². The first kappa shape index (κ1) is 23.8. The highest BCUT2D eigenvalue weighted by atomic mass is 16.8. The molecule has 0 bridgehead atoms. The lowest BCUT2D eigenvalue weighted by Crippen LogP contribution is -2.61. The van der Waals surface area contributed by atoms with E-state index in [9.17, 15) is 9.59 Å². The average molecular weight is 412 g/mol. The van der Waals surface area contributed by atoms with Gasteiger partial charge in [0, 0.05) is 13.1 Å². The summed E-state index contributed by atoms with van der Waals surface area (Å²) < 4.78 is 23.2. The van der Waals surface area contributed by atoms with E-state index in [2.05, 4.69) is 6.58 Å². The molecule has 1 saturated heterocycles. The predicted octanol–water partition coefficient (Wildman–Crippen LogP) is 3.42. The molecular formula is C22H37NO6. The Balaban J connectivity index is 2.17. The van der Waals surface area contributed by atoms with Crippen molar-refractivity contribution in [2.75, 3.05) is 26.3 Å². The van der Waals surface area contributed by atoms with Crippen LogP contribution in [0.3, 0.4) is 0 Å². The third-order valence-electron chi connectivity index (χ3n) is 5.20. The maximum atomic E-state index is 13.3. The maximum Gasteiger partial charge on any atom is 0.384 e. The van der Waals surface area contributed by atoms with Gasteiger partial charge in [-0.3, -0.25) is 4.79 Å². The molecule has 2 aliphatic rings. The van der Waals surface area contributed by atoms with Gasteiger partial charge in [-0.1, -0.05) is 6.08 Å². The van der Waals surface area contributed by atoms with Gasteiger partial charge >= 0.3 is 17.8 Å². The van der Waals surface area contributed by atoms with Crippen molar-refractivity contribution in [1.82, 2.24) is 4.90 Å². The van der Waals surface area contributed by atoms with Crippen LogP contribution in [0.4, 0.5) is 0 Å². The molecule has 1 aliphatic heterocycles. The van der Waals surface area contributed by atoms with Gasteiger partial charge in [0.1, 0.15) is 5.60 Å². The molecule has 1 heterocycles. The summed E-state index contributed by atoms with van der Waals surface area (Å²) >= 11 is 0. The molecule has 0 N–H and O–H groups in total. The summed E-state index contributed by atoms with van der Waals surface area (Å²) in [5.41, 5.74) is -0.662. The van der Waals surface area contributed by atoms with E-state index < -0.39 is 17.5 Å². The molecule has 7 heteroatoms. The quantitative estimate of drug-likeness (QED) is 0.327. The summed E-state index contributed by atoms with van der Waals surface area (Å²) in [6.45, 7) is 13.0. The number of likely N-dealkylation sites (tertiary alicyclic amines) is 1. The maximum absolute atomic E-state index is 13.3. The zero-order chi connectivity index (χ0) is 21.5. The number of nitrogens with zero attached hydrogens (tertiary/aromatic N) is 1. The van der Waals surface area contributed by atoms with Crippen LogP contribution in [0, 0.1) is 5.92 Å². The Morgan fingerprint density at radius 2 is 1.72 bits per heavy atom. The number of carbonyl (C=O) groups excluding carboxylic acids is 2. The highest BCUT2D eigenvalue weighted by Gasteiger charge is 2.52. The number of carbonyl (C=O) groups is 2. The van der Waals surface area contributed by atoms with Crippen molar-refractivity contribution in [3.63, 3.8) is 0 Å². The highest BCUT2D eigenvalue weighted by molar-refractivity contribution is 5.78. The van der Waals surface area contributed by atoms with Crippen LogP contribution in [0.15, 0.2) is 12.7 Å².